The van der Waals surface area contributed by atoms with Crippen LogP contribution >= 0.6 is 11.3 Å². The highest BCUT2D eigenvalue weighted by Gasteiger charge is 2.33. The van der Waals surface area contributed by atoms with Gasteiger partial charge in [-0.25, -0.2) is 8.42 Å². The molecule has 1 atom stereocenters. The number of amides is 1. The predicted octanol–water partition coefficient (Wildman–Crippen LogP) is 2.79. The van der Waals surface area contributed by atoms with E-state index in [9.17, 15) is 13.2 Å². The van der Waals surface area contributed by atoms with Crippen molar-refractivity contribution in [2.24, 2.45) is 0 Å². The second kappa shape index (κ2) is 5.93. The van der Waals surface area contributed by atoms with E-state index in [-0.39, 0.29) is 11.9 Å². The van der Waals surface area contributed by atoms with E-state index in [2.05, 4.69) is 0 Å². The summed E-state index contributed by atoms with van der Waals surface area (Å²) in [7, 11) is -3.52. The van der Waals surface area contributed by atoms with Crippen LogP contribution in [0.25, 0.3) is 0 Å². The molecule has 2 aromatic rings. The number of fused-ring (bicyclic) bond motifs is 2. The van der Waals surface area contributed by atoms with Crippen LogP contribution in [0, 0.1) is 0 Å². The minimum absolute atomic E-state index is 0.0112. The van der Waals surface area contributed by atoms with Crippen molar-refractivity contribution in [1.29, 1.82) is 0 Å². The molecule has 7 heteroatoms. The van der Waals surface area contributed by atoms with E-state index in [0.717, 1.165) is 23.2 Å². The Labute approximate surface area is 151 Å². The largest absolute Gasteiger partial charge is 0.309 e. The molecule has 1 aromatic carbocycles. The number of sulfonamides is 1. The smallest absolute Gasteiger partial charge is 0.243 e. The van der Waals surface area contributed by atoms with Crippen molar-refractivity contribution >= 4 is 33.0 Å². The fourth-order valence-corrected chi connectivity index (χ4v) is 6.18. The maximum atomic E-state index is 13.1. The molecule has 2 aliphatic heterocycles. The molecular weight excluding hydrogens is 356 g/mol. The fraction of sp³-hybridized carbons (Fsp3) is 0.389. The molecule has 25 heavy (non-hydrogen) atoms. The Hall–Kier alpha value is -1.70. The average molecular weight is 377 g/mol. The van der Waals surface area contributed by atoms with E-state index in [0.29, 0.717) is 24.4 Å². The average Bonchev–Trinajstić information content (AvgIpc) is 3.15. The fourth-order valence-electron chi connectivity index (χ4n) is 3.82. The molecular formula is C18H20N2O3S2. The van der Waals surface area contributed by atoms with Crippen molar-refractivity contribution in [2.45, 2.75) is 44.2 Å². The number of hydrogen-bond donors (Lipinski definition) is 0. The summed E-state index contributed by atoms with van der Waals surface area (Å²) in [6, 6.07) is 7.22. The standard InChI is InChI=1S/C18H20N2O3S2/c1-12-9-15-10-16(3-4-17(15)20(12)13(2)21)25(22,23)19-7-5-18-14(11-19)6-8-24-18/h3-4,6,8,10,12H,5,7,9,11H2,1-2H3. The zero-order valence-corrected chi connectivity index (χ0v) is 15.9. The highest BCUT2D eigenvalue weighted by atomic mass is 32.2. The molecule has 0 bridgehead atoms. The molecule has 2 aliphatic rings. The van der Waals surface area contributed by atoms with Crippen molar-refractivity contribution in [2.75, 3.05) is 11.4 Å². The van der Waals surface area contributed by atoms with Gasteiger partial charge in [-0.15, -0.1) is 11.3 Å². The number of carbonyl (C=O) groups excluding carboxylic acids is 1. The molecule has 132 valence electrons. The molecule has 1 aromatic heterocycles. The van der Waals surface area contributed by atoms with Gasteiger partial charge < -0.3 is 4.90 Å². The number of benzene rings is 1. The molecule has 1 unspecified atom stereocenters. The van der Waals surface area contributed by atoms with Crippen LogP contribution in [0.15, 0.2) is 34.5 Å². The number of rotatable bonds is 2. The molecule has 3 heterocycles. The van der Waals surface area contributed by atoms with Crippen LogP contribution in [-0.4, -0.2) is 31.2 Å². The van der Waals surface area contributed by atoms with Crippen molar-refractivity contribution in [1.82, 2.24) is 4.31 Å². The van der Waals surface area contributed by atoms with E-state index < -0.39 is 10.0 Å². The van der Waals surface area contributed by atoms with E-state index in [4.69, 9.17) is 0 Å². The van der Waals surface area contributed by atoms with Gasteiger partial charge in [-0.1, -0.05) is 0 Å². The minimum atomic E-state index is -3.52. The molecule has 0 saturated heterocycles. The Bertz CT molecular complexity index is 949. The van der Waals surface area contributed by atoms with E-state index in [1.807, 2.05) is 18.4 Å². The number of nitrogens with zero attached hydrogens (tertiary/aromatic N) is 2. The molecule has 0 N–H and O–H groups in total. The maximum Gasteiger partial charge on any atom is 0.243 e. The Balaban J connectivity index is 1.67. The summed E-state index contributed by atoms with van der Waals surface area (Å²) in [5.74, 6) is -0.0112. The highest BCUT2D eigenvalue weighted by molar-refractivity contribution is 7.89. The zero-order chi connectivity index (χ0) is 17.8. The summed E-state index contributed by atoms with van der Waals surface area (Å²) < 4.78 is 27.7. The zero-order valence-electron chi connectivity index (χ0n) is 14.2. The highest BCUT2D eigenvalue weighted by Crippen LogP contribution is 2.35. The van der Waals surface area contributed by atoms with Crippen molar-refractivity contribution in [3.63, 3.8) is 0 Å². The molecule has 0 fully saturated rings. The summed E-state index contributed by atoms with van der Waals surface area (Å²) in [5, 5.41) is 2.02. The second-order valence-electron chi connectivity index (χ2n) is 6.69. The lowest BCUT2D eigenvalue weighted by molar-refractivity contribution is -0.116. The van der Waals surface area contributed by atoms with Gasteiger partial charge in [-0.3, -0.25) is 4.79 Å². The monoisotopic (exact) mass is 376 g/mol. The Morgan fingerprint density at radius 2 is 2.04 bits per heavy atom. The first-order chi connectivity index (χ1) is 11.9. The molecule has 1 amide bonds. The number of carbonyl (C=O) groups is 1. The first-order valence-corrected chi connectivity index (χ1v) is 10.7. The third-order valence-electron chi connectivity index (χ3n) is 5.02. The molecule has 0 saturated carbocycles. The predicted molar refractivity (Wildman–Crippen MR) is 98.4 cm³/mol. The first kappa shape index (κ1) is 16.8. The summed E-state index contributed by atoms with van der Waals surface area (Å²) in [4.78, 5) is 15.2. The second-order valence-corrected chi connectivity index (χ2v) is 9.63. The summed E-state index contributed by atoms with van der Waals surface area (Å²) in [5.41, 5.74) is 2.87. The summed E-state index contributed by atoms with van der Waals surface area (Å²) >= 11 is 1.69. The number of hydrogen-bond acceptors (Lipinski definition) is 4. The van der Waals surface area contributed by atoms with Crippen molar-refractivity contribution in [3.8, 4) is 0 Å². The van der Waals surface area contributed by atoms with Gasteiger partial charge in [-0.05, 0) is 60.5 Å². The molecule has 5 nitrogen and oxygen atoms in total. The van der Waals surface area contributed by atoms with Crippen LogP contribution in [0.4, 0.5) is 5.69 Å². The van der Waals surface area contributed by atoms with Gasteiger partial charge in [0.2, 0.25) is 15.9 Å². The van der Waals surface area contributed by atoms with Crippen LogP contribution in [0.3, 0.4) is 0 Å². The molecule has 0 spiro atoms. The van der Waals surface area contributed by atoms with Crippen LogP contribution in [0.2, 0.25) is 0 Å². The Morgan fingerprint density at radius 1 is 1.24 bits per heavy atom. The van der Waals surface area contributed by atoms with E-state index in [1.165, 1.54) is 4.88 Å². The maximum absolute atomic E-state index is 13.1. The lowest BCUT2D eigenvalue weighted by Gasteiger charge is -2.26. The van der Waals surface area contributed by atoms with Gasteiger partial charge in [-0.2, -0.15) is 4.31 Å². The van der Waals surface area contributed by atoms with Gasteiger partial charge in [0.15, 0.2) is 0 Å². The van der Waals surface area contributed by atoms with Crippen LogP contribution < -0.4 is 4.90 Å². The lowest BCUT2D eigenvalue weighted by Crippen LogP contribution is -2.35. The Morgan fingerprint density at radius 3 is 2.80 bits per heavy atom. The Kier molecular flexibility index (Phi) is 3.97. The van der Waals surface area contributed by atoms with E-state index >= 15 is 0 Å². The van der Waals surface area contributed by atoms with Gasteiger partial charge in [0.1, 0.15) is 0 Å². The SMILES string of the molecule is CC(=O)N1c2ccc(S(=O)(=O)N3CCc4sccc4C3)cc2CC1C. The van der Waals surface area contributed by atoms with E-state index in [1.54, 1.807) is 45.7 Å². The quantitative estimate of drug-likeness (QED) is 0.810. The summed E-state index contributed by atoms with van der Waals surface area (Å²) in [6.07, 6.45) is 1.46. The summed E-state index contributed by atoms with van der Waals surface area (Å²) in [6.45, 7) is 4.48. The van der Waals surface area contributed by atoms with Gasteiger partial charge >= 0.3 is 0 Å². The third kappa shape index (κ3) is 2.70. The minimum Gasteiger partial charge on any atom is -0.309 e. The van der Waals surface area contributed by atoms with Crippen molar-refractivity contribution < 1.29 is 13.2 Å². The molecule has 0 aliphatic carbocycles. The number of thiophene rings is 1. The molecule has 0 radical (unpaired) electrons. The number of anilines is 1. The normalized spacial score (nSPS) is 20.4. The lowest BCUT2D eigenvalue weighted by atomic mass is 10.1. The van der Waals surface area contributed by atoms with Crippen LogP contribution in [0.1, 0.15) is 29.9 Å². The van der Waals surface area contributed by atoms with Gasteiger partial charge in [0.25, 0.3) is 0 Å². The van der Waals surface area contributed by atoms with Crippen LogP contribution in [-0.2, 0) is 34.2 Å². The topological polar surface area (TPSA) is 57.7 Å². The van der Waals surface area contributed by atoms with Crippen LogP contribution in [0.5, 0.6) is 0 Å². The van der Waals surface area contributed by atoms with Gasteiger partial charge in [0.05, 0.1) is 4.90 Å². The third-order valence-corrected chi connectivity index (χ3v) is 7.88. The molecule has 4 rings (SSSR count). The van der Waals surface area contributed by atoms with Crippen molar-refractivity contribution in [3.05, 3.63) is 45.6 Å². The first-order valence-electron chi connectivity index (χ1n) is 8.36. The van der Waals surface area contributed by atoms with Gasteiger partial charge in [0, 0.05) is 36.6 Å².